The zero-order chi connectivity index (χ0) is 11.4. The van der Waals surface area contributed by atoms with Crippen LogP contribution in [0.4, 0.5) is 0 Å². The van der Waals surface area contributed by atoms with E-state index >= 15 is 0 Å². The molecule has 0 heterocycles. The van der Waals surface area contributed by atoms with Crippen molar-refractivity contribution in [3.63, 3.8) is 0 Å². The van der Waals surface area contributed by atoms with Gasteiger partial charge < -0.3 is 10.5 Å². The second kappa shape index (κ2) is 4.96. The van der Waals surface area contributed by atoms with Gasteiger partial charge in [0.1, 0.15) is 0 Å². The maximum Gasteiger partial charge on any atom is 0.302 e. The molecule has 0 saturated heterocycles. The van der Waals surface area contributed by atoms with E-state index < -0.39 is 0 Å². The molecule has 1 saturated carbocycles. The van der Waals surface area contributed by atoms with Gasteiger partial charge in [-0.2, -0.15) is 0 Å². The van der Waals surface area contributed by atoms with Crippen molar-refractivity contribution < 1.29 is 14.3 Å². The largest absolute Gasteiger partial charge is 0.466 e. The number of primary amides is 1. The third-order valence-electron chi connectivity index (χ3n) is 2.81. The molecule has 0 spiro atoms. The first-order valence-electron chi connectivity index (χ1n) is 5.10. The van der Waals surface area contributed by atoms with Crippen molar-refractivity contribution in [3.8, 4) is 0 Å². The lowest BCUT2D eigenvalue weighted by Gasteiger charge is -2.29. The number of amides is 1. The number of allylic oxidation sites excluding steroid dienone is 1. The van der Waals surface area contributed by atoms with Crippen LogP contribution in [0, 0.1) is 11.8 Å². The molecule has 0 aromatic heterocycles. The van der Waals surface area contributed by atoms with Crippen molar-refractivity contribution in [1.82, 2.24) is 0 Å². The highest BCUT2D eigenvalue weighted by atomic mass is 16.5. The van der Waals surface area contributed by atoms with Gasteiger partial charge in [0, 0.05) is 18.8 Å². The van der Waals surface area contributed by atoms with Crippen LogP contribution in [0.3, 0.4) is 0 Å². The average molecular weight is 211 g/mol. The Balaban J connectivity index is 2.56. The first-order chi connectivity index (χ1) is 7.00. The molecule has 4 nitrogen and oxygen atoms in total. The Morgan fingerprint density at radius 1 is 1.60 bits per heavy atom. The van der Waals surface area contributed by atoms with Crippen LogP contribution < -0.4 is 5.73 Å². The second-order valence-corrected chi connectivity index (χ2v) is 4.06. The highest BCUT2D eigenvalue weighted by Gasteiger charge is 2.31. The first-order valence-corrected chi connectivity index (χ1v) is 5.10. The lowest BCUT2D eigenvalue weighted by atomic mass is 9.77. The third-order valence-corrected chi connectivity index (χ3v) is 2.81. The molecule has 1 rings (SSSR count). The topological polar surface area (TPSA) is 69.4 Å². The van der Waals surface area contributed by atoms with Gasteiger partial charge in [-0.1, -0.05) is 12.2 Å². The van der Waals surface area contributed by atoms with Crippen molar-refractivity contribution in [3.05, 3.63) is 12.2 Å². The summed E-state index contributed by atoms with van der Waals surface area (Å²) in [5.41, 5.74) is 6.36. The smallest absolute Gasteiger partial charge is 0.302 e. The predicted molar refractivity (Wildman–Crippen MR) is 55.8 cm³/mol. The van der Waals surface area contributed by atoms with E-state index in [2.05, 4.69) is 6.58 Å². The van der Waals surface area contributed by atoms with Gasteiger partial charge in [-0.25, -0.2) is 0 Å². The number of hydrogen-bond acceptors (Lipinski definition) is 3. The molecule has 0 aromatic carbocycles. The van der Waals surface area contributed by atoms with Crippen LogP contribution in [0.25, 0.3) is 0 Å². The maximum absolute atomic E-state index is 11.2. The van der Waals surface area contributed by atoms with Crippen LogP contribution in [-0.2, 0) is 14.3 Å². The number of hydrogen-bond donors (Lipinski definition) is 1. The zero-order valence-electron chi connectivity index (χ0n) is 8.99. The Morgan fingerprint density at radius 3 is 2.80 bits per heavy atom. The molecular weight excluding hydrogens is 194 g/mol. The van der Waals surface area contributed by atoms with Gasteiger partial charge in [-0.05, 0) is 19.3 Å². The van der Waals surface area contributed by atoms with Crippen molar-refractivity contribution in [2.24, 2.45) is 17.6 Å². The quantitative estimate of drug-likeness (QED) is 0.559. The first kappa shape index (κ1) is 11.8. The summed E-state index contributed by atoms with van der Waals surface area (Å²) in [5.74, 6) is -0.821. The lowest BCUT2D eigenvalue weighted by molar-refractivity contribution is -0.144. The molecule has 1 amide bonds. The molecule has 2 atom stereocenters. The molecule has 0 aliphatic heterocycles. The molecule has 2 unspecified atom stereocenters. The Morgan fingerprint density at radius 2 is 2.27 bits per heavy atom. The van der Waals surface area contributed by atoms with Crippen LogP contribution in [0.15, 0.2) is 12.2 Å². The number of esters is 1. The molecule has 2 N–H and O–H groups in total. The highest BCUT2D eigenvalue weighted by Crippen LogP contribution is 2.32. The van der Waals surface area contributed by atoms with E-state index in [4.69, 9.17) is 10.5 Å². The summed E-state index contributed by atoms with van der Waals surface area (Å²) < 4.78 is 4.92. The fourth-order valence-corrected chi connectivity index (χ4v) is 1.93. The minimum Gasteiger partial charge on any atom is -0.466 e. The van der Waals surface area contributed by atoms with Crippen LogP contribution in [0.2, 0.25) is 0 Å². The van der Waals surface area contributed by atoms with E-state index in [0.717, 1.165) is 18.4 Å². The zero-order valence-corrected chi connectivity index (χ0v) is 8.99. The van der Waals surface area contributed by atoms with Crippen molar-refractivity contribution in [2.75, 3.05) is 6.61 Å². The molecule has 1 fully saturated rings. The standard InChI is InChI=1S/C11H17NO3/c1-7-3-4-9(6-15-8(2)13)10(5-7)11(12)14/h9-10H,1,3-6H2,2H3,(H2,12,14). The van der Waals surface area contributed by atoms with Gasteiger partial charge in [0.25, 0.3) is 0 Å². The molecular formula is C11H17NO3. The number of carbonyl (C=O) groups excluding carboxylic acids is 2. The van der Waals surface area contributed by atoms with Gasteiger partial charge in [0.15, 0.2) is 0 Å². The maximum atomic E-state index is 11.2. The summed E-state index contributed by atoms with van der Waals surface area (Å²) in [7, 11) is 0. The van der Waals surface area contributed by atoms with Gasteiger partial charge >= 0.3 is 5.97 Å². The van der Waals surface area contributed by atoms with Gasteiger partial charge in [-0.15, -0.1) is 0 Å². The summed E-state index contributed by atoms with van der Waals surface area (Å²) in [6, 6.07) is 0. The lowest BCUT2D eigenvalue weighted by Crippen LogP contribution is -2.35. The minimum atomic E-state index is -0.326. The molecule has 1 aliphatic rings. The molecule has 4 heteroatoms. The normalized spacial score (nSPS) is 26.1. The Kier molecular flexibility index (Phi) is 3.88. The SMILES string of the molecule is C=C1CCC(COC(C)=O)C(C(N)=O)C1. The Bertz CT molecular complexity index is 286. The van der Waals surface area contributed by atoms with Crippen LogP contribution >= 0.6 is 0 Å². The van der Waals surface area contributed by atoms with E-state index in [9.17, 15) is 9.59 Å². The van der Waals surface area contributed by atoms with Crippen LogP contribution in [0.1, 0.15) is 26.2 Å². The fraction of sp³-hybridized carbons (Fsp3) is 0.636. The van der Waals surface area contributed by atoms with Gasteiger partial charge in [0.2, 0.25) is 5.91 Å². The molecule has 0 aromatic rings. The minimum absolute atomic E-state index is 0.0527. The van der Waals surface area contributed by atoms with E-state index in [-0.39, 0.29) is 30.3 Å². The summed E-state index contributed by atoms with van der Waals surface area (Å²) in [5, 5.41) is 0. The second-order valence-electron chi connectivity index (χ2n) is 4.06. The molecule has 0 radical (unpaired) electrons. The Hall–Kier alpha value is -1.32. The predicted octanol–water partition coefficient (Wildman–Crippen LogP) is 1.01. The Labute approximate surface area is 89.5 Å². The van der Waals surface area contributed by atoms with Gasteiger partial charge in [-0.3, -0.25) is 9.59 Å². The summed E-state index contributed by atoms with van der Waals surface area (Å²) in [6.45, 7) is 5.51. The molecule has 1 aliphatic carbocycles. The summed E-state index contributed by atoms with van der Waals surface area (Å²) >= 11 is 0. The van der Waals surface area contributed by atoms with Crippen LogP contribution in [0.5, 0.6) is 0 Å². The summed E-state index contributed by atoms with van der Waals surface area (Å²) in [6.07, 6.45) is 2.33. The average Bonchev–Trinajstić information content (AvgIpc) is 2.15. The highest BCUT2D eigenvalue weighted by molar-refractivity contribution is 5.77. The van der Waals surface area contributed by atoms with Gasteiger partial charge in [0.05, 0.1) is 6.61 Å². The fourth-order valence-electron chi connectivity index (χ4n) is 1.93. The van der Waals surface area contributed by atoms with Crippen molar-refractivity contribution >= 4 is 11.9 Å². The monoisotopic (exact) mass is 211 g/mol. The van der Waals surface area contributed by atoms with E-state index in [1.165, 1.54) is 6.92 Å². The summed E-state index contributed by atoms with van der Waals surface area (Å²) in [4.78, 5) is 21.9. The van der Waals surface area contributed by atoms with E-state index in [1.54, 1.807) is 0 Å². The number of nitrogens with two attached hydrogens (primary N) is 1. The van der Waals surface area contributed by atoms with E-state index in [1.807, 2.05) is 0 Å². The number of carbonyl (C=O) groups is 2. The van der Waals surface area contributed by atoms with Crippen molar-refractivity contribution in [2.45, 2.75) is 26.2 Å². The number of ether oxygens (including phenoxy) is 1. The third kappa shape index (κ3) is 3.38. The number of rotatable bonds is 3. The van der Waals surface area contributed by atoms with Crippen LogP contribution in [-0.4, -0.2) is 18.5 Å². The molecule has 0 bridgehead atoms. The molecule has 84 valence electrons. The van der Waals surface area contributed by atoms with Crippen molar-refractivity contribution in [1.29, 1.82) is 0 Å². The van der Waals surface area contributed by atoms with E-state index in [0.29, 0.717) is 6.42 Å². The molecule has 15 heavy (non-hydrogen) atoms.